The maximum atomic E-state index is 12.1. The molecular weight excluding hydrogens is 268 g/mol. The Labute approximate surface area is 112 Å². The lowest BCUT2D eigenvalue weighted by Crippen LogP contribution is -2.52. The Morgan fingerprint density at radius 2 is 2.16 bits per heavy atom. The van der Waals surface area contributed by atoms with Crippen molar-refractivity contribution in [3.05, 3.63) is 17.6 Å². The van der Waals surface area contributed by atoms with Crippen molar-refractivity contribution < 1.29 is 17.6 Å². The number of carbonyl (C=O) groups excluding carboxylic acids is 1. The molecule has 1 aromatic rings. The summed E-state index contributed by atoms with van der Waals surface area (Å²) in [5.74, 6) is -0.271. The zero-order chi connectivity index (χ0) is 14.3. The summed E-state index contributed by atoms with van der Waals surface area (Å²) in [7, 11) is -3.86. The average molecular weight is 286 g/mol. The largest absolute Gasteiger partial charge is 0.455 e. The third kappa shape index (κ3) is 2.66. The van der Waals surface area contributed by atoms with Crippen LogP contribution in [0.25, 0.3) is 0 Å². The molecule has 106 valence electrons. The Morgan fingerprint density at radius 1 is 1.53 bits per heavy atom. The molecule has 0 atom stereocenters. The summed E-state index contributed by atoms with van der Waals surface area (Å²) in [6.45, 7) is 3.48. The van der Waals surface area contributed by atoms with Gasteiger partial charge in [0.2, 0.25) is 10.0 Å². The van der Waals surface area contributed by atoms with Crippen LogP contribution in [0.3, 0.4) is 0 Å². The normalized spacial score (nSPS) is 17.8. The first-order valence-corrected chi connectivity index (χ1v) is 7.78. The van der Waals surface area contributed by atoms with Crippen molar-refractivity contribution in [2.75, 3.05) is 0 Å². The summed E-state index contributed by atoms with van der Waals surface area (Å²) < 4.78 is 27.8. The van der Waals surface area contributed by atoms with E-state index in [1.165, 1.54) is 13.0 Å². The molecular formula is C12H18N2O4S. The molecule has 19 heavy (non-hydrogen) atoms. The van der Waals surface area contributed by atoms with E-state index in [2.05, 4.69) is 5.32 Å². The van der Waals surface area contributed by atoms with Crippen LogP contribution in [0.15, 0.2) is 15.4 Å². The number of carbonyl (C=O) groups is 1. The first-order valence-electron chi connectivity index (χ1n) is 6.23. The van der Waals surface area contributed by atoms with E-state index < -0.39 is 10.0 Å². The molecule has 1 saturated carbocycles. The fourth-order valence-electron chi connectivity index (χ4n) is 2.33. The van der Waals surface area contributed by atoms with Crippen molar-refractivity contribution in [3.63, 3.8) is 0 Å². The third-order valence-corrected chi connectivity index (χ3v) is 4.79. The van der Waals surface area contributed by atoms with Gasteiger partial charge in [0.1, 0.15) is 10.7 Å². The molecule has 0 aliphatic heterocycles. The van der Waals surface area contributed by atoms with Gasteiger partial charge in [-0.2, -0.15) is 0 Å². The highest BCUT2D eigenvalue weighted by Gasteiger charge is 2.37. The van der Waals surface area contributed by atoms with Gasteiger partial charge in [-0.05, 0) is 32.6 Å². The van der Waals surface area contributed by atoms with Gasteiger partial charge in [0.15, 0.2) is 5.76 Å². The maximum absolute atomic E-state index is 12.1. The van der Waals surface area contributed by atoms with Crippen LogP contribution in [0.2, 0.25) is 0 Å². The lowest BCUT2D eigenvalue weighted by molar-refractivity contribution is 0.0790. The van der Waals surface area contributed by atoms with Crippen LogP contribution >= 0.6 is 0 Å². The maximum Gasteiger partial charge on any atom is 0.287 e. The van der Waals surface area contributed by atoms with Crippen LogP contribution in [0.5, 0.6) is 0 Å². The molecule has 1 aliphatic carbocycles. The number of furan rings is 1. The van der Waals surface area contributed by atoms with Crippen molar-refractivity contribution in [3.8, 4) is 0 Å². The van der Waals surface area contributed by atoms with Crippen molar-refractivity contribution in [2.24, 2.45) is 5.14 Å². The second kappa shape index (κ2) is 4.64. The minimum absolute atomic E-state index is 0.0127. The number of rotatable bonds is 4. The molecule has 1 amide bonds. The molecule has 0 radical (unpaired) electrons. The summed E-state index contributed by atoms with van der Waals surface area (Å²) >= 11 is 0. The van der Waals surface area contributed by atoms with Crippen LogP contribution < -0.4 is 10.5 Å². The molecule has 1 aromatic heterocycles. The molecule has 1 aliphatic rings. The van der Waals surface area contributed by atoms with E-state index in [-0.39, 0.29) is 27.9 Å². The second-order valence-corrected chi connectivity index (χ2v) is 6.55. The highest BCUT2D eigenvalue weighted by molar-refractivity contribution is 7.89. The van der Waals surface area contributed by atoms with Gasteiger partial charge in [-0.3, -0.25) is 4.79 Å². The molecule has 0 saturated heterocycles. The Morgan fingerprint density at radius 3 is 2.53 bits per heavy atom. The number of nitrogens with two attached hydrogens (primary N) is 1. The molecule has 3 N–H and O–H groups in total. The molecule has 6 nitrogen and oxygen atoms in total. The SMILES string of the molecule is CCC1(NC(=O)c2cc(S(N)(=O)=O)c(C)o2)CCC1. The van der Waals surface area contributed by atoms with E-state index in [4.69, 9.17) is 9.56 Å². The quantitative estimate of drug-likeness (QED) is 0.870. The highest BCUT2D eigenvalue weighted by Crippen LogP contribution is 2.35. The first-order chi connectivity index (χ1) is 8.77. The molecule has 1 fully saturated rings. The summed E-state index contributed by atoms with van der Waals surface area (Å²) in [6, 6.07) is 1.18. The molecule has 0 bridgehead atoms. The molecule has 1 heterocycles. The van der Waals surface area contributed by atoms with Crippen LogP contribution in [0.1, 0.15) is 48.9 Å². The zero-order valence-electron chi connectivity index (χ0n) is 11.0. The lowest BCUT2D eigenvalue weighted by Gasteiger charge is -2.41. The van der Waals surface area contributed by atoms with Crippen molar-refractivity contribution >= 4 is 15.9 Å². The third-order valence-electron chi connectivity index (χ3n) is 3.77. The zero-order valence-corrected chi connectivity index (χ0v) is 11.8. The molecule has 0 unspecified atom stereocenters. The monoisotopic (exact) mass is 286 g/mol. The summed E-state index contributed by atoms with van der Waals surface area (Å²) in [5, 5.41) is 7.96. The van der Waals surface area contributed by atoms with Gasteiger partial charge in [-0.1, -0.05) is 6.92 Å². The van der Waals surface area contributed by atoms with Crippen LogP contribution in [0, 0.1) is 6.92 Å². The average Bonchev–Trinajstić information content (AvgIpc) is 2.65. The Hall–Kier alpha value is -1.34. The fraction of sp³-hybridized carbons (Fsp3) is 0.583. The number of sulfonamides is 1. The minimum atomic E-state index is -3.86. The number of nitrogens with one attached hydrogen (secondary N) is 1. The van der Waals surface area contributed by atoms with Gasteiger partial charge in [0, 0.05) is 11.6 Å². The topological polar surface area (TPSA) is 102 Å². The predicted molar refractivity (Wildman–Crippen MR) is 69.2 cm³/mol. The van der Waals surface area contributed by atoms with Crippen LogP contribution in [-0.4, -0.2) is 19.9 Å². The highest BCUT2D eigenvalue weighted by atomic mass is 32.2. The van der Waals surface area contributed by atoms with E-state index in [0.29, 0.717) is 0 Å². The van der Waals surface area contributed by atoms with Gasteiger partial charge in [-0.25, -0.2) is 13.6 Å². The van der Waals surface area contributed by atoms with Crippen LogP contribution in [0.4, 0.5) is 0 Å². The summed E-state index contributed by atoms with van der Waals surface area (Å²) in [4.78, 5) is 11.9. The second-order valence-electron chi connectivity index (χ2n) is 5.02. The molecule has 0 spiro atoms. The van der Waals surface area contributed by atoms with Crippen molar-refractivity contribution in [1.29, 1.82) is 0 Å². The first kappa shape index (κ1) is 14.1. The van der Waals surface area contributed by atoms with E-state index in [0.717, 1.165) is 25.7 Å². The number of hydrogen-bond acceptors (Lipinski definition) is 4. The van der Waals surface area contributed by atoms with E-state index in [1.807, 2.05) is 6.92 Å². The standard InChI is InChI=1S/C12H18N2O4S/c1-3-12(5-4-6-12)14-11(15)9-7-10(8(2)18-9)19(13,16)17/h7H,3-6H2,1-2H3,(H,14,15)(H2,13,16,17). The van der Waals surface area contributed by atoms with Crippen LogP contribution in [-0.2, 0) is 10.0 Å². The lowest BCUT2D eigenvalue weighted by atomic mass is 9.75. The van der Waals surface area contributed by atoms with Gasteiger partial charge < -0.3 is 9.73 Å². The van der Waals surface area contributed by atoms with Crippen molar-refractivity contribution in [2.45, 2.75) is 50.0 Å². The van der Waals surface area contributed by atoms with Gasteiger partial charge in [-0.15, -0.1) is 0 Å². The Balaban J connectivity index is 2.21. The van der Waals surface area contributed by atoms with E-state index in [9.17, 15) is 13.2 Å². The smallest absolute Gasteiger partial charge is 0.287 e. The molecule has 0 aromatic carbocycles. The van der Waals surface area contributed by atoms with Gasteiger partial charge >= 0.3 is 0 Å². The predicted octanol–water partition coefficient (Wildman–Crippen LogP) is 1.30. The van der Waals surface area contributed by atoms with Gasteiger partial charge in [0.05, 0.1) is 0 Å². The molecule has 2 rings (SSSR count). The summed E-state index contributed by atoms with van der Waals surface area (Å²) in [5.41, 5.74) is -0.167. The Bertz CT molecular complexity index is 594. The Kier molecular flexibility index (Phi) is 3.44. The minimum Gasteiger partial charge on any atom is -0.455 e. The fourth-order valence-corrected chi connectivity index (χ4v) is 3.05. The van der Waals surface area contributed by atoms with Gasteiger partial charge in [0.25, 0.3) is 5.91 Å². The van der Waals surface area contributed by atoms with E-state index >= 15 is 0 Å². The number of primary sulfonamides is 1. The molecule has 7 heteroatoms. The van der Waals surface area contributed by atoms with Crippen molar-refractivity contribution in [1.82, 2.24) is 5.32 Å². The number of amides is 1. The summed E-state index contributed by atoms with van der Waals surface area (Å²) in [6.07, 6.45) is 3.82. The van der Waals surface area contributed by atoms with E-state index in [1.54, 1.807) is 0 Å². The number of hydrogen-bond donors (Lipinski definition) is 2. The number of aryl methyl sites for hydroxylation is 1.